The Morgan fingerprint density at radius 3 is 2.44 bits per heavy atom. The average Bonchev–Trinajstić information content (AvgIpc) is 2.19. The van der Waals surface area contributed by atoms with Crippen LogP contribution in [0, 0.1) is 5.41 Å². The van der Waals surface area contributed by atoms with Gasteiger partial charge in [-0.3, -0.25) is 11.3 Å². The molecule has 0 heterocycles. The van der Waals surface area contributed by atoms with Gasteiger partial charge in [0.05, 0.1) is 13.2 Å². The van der Waals surface area contributed by atoms with Gasteiger partial charge in [-0.25, -0.2) is 0 Å². The molecule has 0 amide bonds. The maximum Gasteiger partial charge on any atom is 0.125 e. The molecule has 0 aliphatic carbocycles. The minimum atomic E-state index is -0.00411. The van der Waals surface area contributed by atoms with E-state index in [1.165, 1.54) is 0 Å². The summed E-state index contributed by atoms with van der Waals surface area (Å²) in [6.07, 6.45) is 0. The van der Waals surface area contributed by atoms with Gasteiger partial charge in [-0.1, -0.05) is 38.4 Å². The van der Waals surface area contributed by atoms with Crippen LogP contribution < -0.4 is 16.0 Å². The monoisotopic (exact) mass is 242 g/mol. The van der Waals surface area contributed by atoms with Crippen LogP contribution in [0.4, 0.5) is 0 Å². The molecule has 90 valence electrons. The molecular formula is C12H19ClN2O. The van der Waals surface area contributed by atoms with Gasteiger partial charge in [-0.15, -0.1) is 0 Å². The van der Waals surface area contributed by atoms with Crippen LogP contribution in [-0.2, 0) is 0 Å². The Labute approximate surface area is 102 Å². The van der Waals surface area contributed by atoms with Crippen molar-refractivity contribution in [1.29, 1.82) is 0 Å². The molecule has 0 saturated carbocycles. The summed E-state index contributed by atoms with van der Waals surface area (Å²) in [5.74, 6) is 6.37. The lowest BCUT2D eigenvalue weighted by atomic mass is 9.82. The number of hydrazine groups is 1. The number of hydrogen-bond donors (Lipinski definition) is 2. The summed E-state index contributed by atoms with van der Waals surface area (Å²) in [6, 6.07) is 5.60. The lowest BCUT2D eigenvalue weighted by Crippen LogP contribution is -2.37. The van der Waals surface area contributed by atoms with Gasteiger partial charge in [-0.05, 0) is 17.5 Å². The molecule has 0 spiro atoms. The fourth-order valence-corrected chi connectivity index (χ4v) is 1.89. The SMILES string of the molecule is COc1cc(Cl)ccc1C(NN)C(C)(C)C. The minimum Gasteiger partial charge on any atom is -0.496 e. The van der Waals surface area contributed by atoms with Crippen LogP contribution >= 0.6 is 11.6 Å². The number of nitrogens with one attached hydrogen (secondary N) is 1. The molecular weight excluding hydrogens is 224 g/mol. The van der Waals surface area contributed by atoms with Crippen molar-refractivity contribution in [2.24, 2.45) is 11.3 Å². The molecule has 0 aliphatic heterocycles. The lowest BCUT2D eigenvalue weighted by molar-refractivity contribution is 0.267. The van der Waals surface area contributed by atoms with E-state index in [0.717, 1.165) is 11.3 Å². The highest BCUT2D eigenvalue weighted by Gasteiger charge is 2.27. The van der Waals surface area contributed by atoms with Crippen LogP contribution in [0.25, 0.3) is 0 Å². The molecule has 1 aromatic carbocycles. The summed E-state index contributed by atoms with van der Waals surface area (Å²) in [5.41, 5.74) is 3.84. The zero-order chi connectivity index (χ0) is 12.3. The van der Waals surface area contributed by atoms with Crippen molar-refractivity contribution in [3.8, 4) is 5.75 Å². The molecule has 1 atom stereocenters. The van der Waals surface area contributed by atoms with Gasteiger partial charge in [0.25, 0.3) is 0 Å². The predicted octanol–water partition coefficient (Wildman–Crippen LogP) is 2.90. The van der Waals surface area contributed by atoms with E-state index in [9.17, 15) is 0 Å². The third kappa shape index (κ3) is 2.88. The van der Waals surface area contributed by atoms with E-state index >= 15 is 0 Å². The predicted molar refractivity (Wildman–Crippen MR) is 67.5 cm³/mol. The minimum absolute atomic E-state index is 0.00411. The summed E-state index contributed by atoms with van der Waals surface area (Å²) < 4.78 is 5.32. The second-order valence-electron chi connectivity index (χ2n) is 4.85. The number of halogens is 1. The van der Waals surface area contributed by atoms with Gasteiger partial charge in [0.2, 0.25) is 0 Å². The van der Waals surface area contributed by atoms with Gasteiger partial charge >= 0.3 is 0 Å². The van der Waals surface area contributed by atoms with Gasteiger partial charge in [0.15, 0.2) is 0 Å². The first-order valence-electron chi connectivity index (χ1n) is 5.19. The highest BCUT2D eigenvalue weighted by atomic mass is 35.5. The Morgan fingerprint density at radius 1 is 1.38 bits per heavy atom. The first-order chi connectivity index (χ1) is 7.40. The Kier molecular flexibility index (Phi) is 4.19. The maximum absolute atomic E-state index is 5.93. The van der Waals surface area contributed by atoms with E-state index in [1.807, 2.05) is 12.1 Å². The molecule has 0 saturated heterocycles. The first kappa shape index (κ1) is 13.3. The van der Waals surface area contributed by atoms with Crippen LogP contribution in [0.2, 0.25) is 5.02 Å². The molecule has 3 nitrogen and oxygen atoms in total. The van der Waals surface area contributed by atoms with Crippen LogP contribution in [0.1, 0.15) is 32.4 Å². The van der Waals surface area contributed by atoms with Crippen LogP contribution in [0.5, 0.6) is 5.75 Å². The molecule has 3 N–H and O–H groups in total. The number of hydrogen-bond acceptors (Lipinski definition) is 3. The van der Waals surface area contributed by atoms with Crippen molar-refractivity contribution in [3.63, 3.8) is 0 Å². The fraction of sp³-hybridized carbons (Fsp3) is 0.500. The summed E-state index contributed by atoms with van der Waals surface area (Å²) in [4.78, 5) is 0. The number of methoxy groups -OCH3 is 1. The van der Waals surface area contributed by atoms with Crippen LogP contribution in [0.3, 0.4) is 0 Å². The number of benzene rings is 1. The quantitative estimate of drug-likeness (QED) is 0.633. The molecule has 0 bridgehead atoms. The maximum atomic E-state index is 5.93. The average molecular weight is 243 g/mol. The molecule has 0 aromatic heterocycles. The van der Waals surface area contributed by atoms with E-state index in [-0.39, 0.29) is 11.5 Å². The second kappa shape index (κ2) is 5.04. The highest BCUT2D eigenvalue weighted by molar-refractivity contribution is 6.30. The van der Waals surface area contributed by atoms with Crippen LogP contribution in [-0.4, -0.2) is 7.11 Å². The summed E-state index contributed by atoms with van der Waals surface area (Å²) >= 11 is 5.93. The summed E-state index contributed by atoms with van der Waals surface area (Å²) in [7, 11) is 1.63. The third-order valence-electron chi connectivity index (χ3n) is 2.54. The van der Waals surface area contributed by atoms with Crippen molar-refractivity contribution < 1.29 is 4.74 Å². The Bertz CT molecular complexity index is 361. The zero-order valence-electron chi connectivity index (χ0n) is 10.2. The Morgan fingerprint density at radius 2 is 2.00 bits per heavy atom. The van der Waals surface area contributed by atoms with E-state index in [1.54, 1.807) is 13.2 Å². The molecule has 16 heavy (non-hydrogen) atoms. The van der Waals surface area contributed by atoms with Crippen molar-refractivity contribution in [1.82, 2.24) is 5.43 Å². The van der Waals surface area contributed by atoms with E-state index < -0.39 is 0 Å². The molecule has 0 aliphatic rings. The third-order valence-corrected chi connectivity index (χ3v) is 2.77. The van der Waals surface area contributed by atoms with Crippen molar-refractivity contribution in [2.75, 3.05) is 7.11 Å². The highest BCUT2D eigenvalue weighted by Crippen LogP contribution is 2.37. The van der Waals surface area contributed by atoms with Gasteiger partial charge < -0.3 is 4.74 Å². The lowest BCUT2D eigenvalue weighted by Gasteiger charge is -2.31. The van der Waals surface area contributed by atoms with Crippen LogP contribution in [0.15, 0.2) is 18.2 Å². The second-order valence-corrected chi connectivity index (χ2v) is 5.29. The largest absolute Gasteiger partial charge is 0.496 e. The van der Waals surface area contributed by atoms with Crippen molar-refractivity contribution in [2.45, 2.75) is 26.8 Å². The normalized spacial score (nSPS) is 13.6. The number of nitrogens with two attached hydrogens (primary N) is 1. The topological polar surface area (TPSA) is 47.3 Å². The van der Waals surface area contributed by atoms with E-state index in [0.29, 0.717) is 5.02 Å². The van der Waals surface area contributed by atoms with E-state index in [2.05, 4.69) is 26.2 Å². The standard InChI is InChI=1S/C12H19ClN2O/c1-12(2,3)11(15-14)9-6-5-8(13)7-10(9)16-4/h5-7,11,15H,14H2,1-4H3. The van der Waals surface area contributed by atoms with Crippen molar-refractivity contribution in [3.05, 3.63) is 28.8 Å². The summed E-state index contributed by atoms with van der Waals surface area (Å²) in [6.45, 7) is 6.35. The molecule has 4 heteroatoms. The molecule has 1 unspecified atom stereocenters. The Hall–Kier alpha value is -0.770. The van der Waals surface area contributed by atoms with Crippen molar-refractivity contribution >= 4 is 11.6 Å². The Balaban J connectivity index is 3.20. The molecule has 1 aromatic rings. The fourth-order valence-electron chi connectivity index (χ4n) is 1.73. The molecule has 0 radical (unpaired) electrons. The number of rotatable bonds is 3. The van der Waals surface area contributed by atoms with Gasteiger partial charge in [0.1, 0.15) is 5.75 Å². The smallest absolute Gasteiger partial charge is 0.125 e. The van der Waals surface area contributed by atoms with Gasteiger partial charge in [0, 0.05) is 10.6 Å². The summed E-state index contributed by atoms with van der Waals surface area (Å²) in [5, 5.41) is 0.658. The van der Waals surface area contributed by atoms with Gasteiger partial charge in [-0.2, -0.15) is 0 Å². The number of ether oxygens (including phenoxy) is 1. The first-order valence-corrected chi connectivity index (χ1v) is 5.57. The molecule has 1 rings (SSSR count). The van der Waals surface area contributed by atoms with E-state index in [4.69, 9.17) is 22.2 Å². The zero-order valence-corrected chi connectivity index (χ0v) is 10.9. The molecule has 0 fully saturated rings.